The molecule has 1 aliphatic heterocycles. The number of ether oxygens (including phenoxy) is 3. The van der Waals surface area contributed by atoms with E-state index in [-0.39, 0.29) is 24.4 Å². The lowest BCUT2D eigenvalue weighted by Crippen LogP contribution is -2.22. The Morgan fingerprint density at radius 2 is 1.87 bits per heavy atom. The molecule has 0 fully saturated rings. The number of phenolic OH excluding ortho intramolecular Hbond substituents is 1. The summed E-state index contributed by atoms with van der Waals surface area (Å²) < 4.78 is 17.7. The number of fused-ring (bicyclic) bond motifs is 1. The van der Waals surface area contributed by atoms with Crippen molar-refractivity contribution >= 4 is 60.9 Å². The Kier molecular flexibility index (Phi) is 9.36. The number of rotatable bonds is 9. The molecular formula is C28H27Br2N3O6. The van der Waals surface area contributed by atoms with Gasteiger partial charge in [-0.15, -0.1) is 0 Å². The van der Waals surface area contributed by atoms with E-state index in [1.807, 2.05) is 6.92 Å². The van der Waals surface area contributed by atoms with Crippen molar-refractivity contribution in [2.45, 2.75) is 25.9 Å². The number of anilines is 3. The van der Waals surface area contributed by atoms with Gasteiger partial charge in [0.15, 0.2) is 11.5 Å². The van der Waals surface area contributed by atoms with E-state index in [9.17, 15) is 14.7 Å². The number of para-hydroxylation sites is 2. The van der Waals surface area contributed by atoms with Crippen LogP contribution in [0.3, 0.4) is 0 Å². The number of benzene rings is 3. The summed E-state index contributed by atoms with van der Waals surface area (Å²) in [6.45, 7) is 2.03. The quantitative estimate of drug-likeness (QED) is 0.142. The lowest BCUT2D eigenvalue weighted by Gasteiger charge is -2.26. The van der Waals surface area contributed by atoms with Crippen molar-refractivity contribution in [1.82, 2.24) is 0 Å². The Labute approximate surface area is 242 Å². The standard InChI is InChI=1S/C28H27Br2N3O6/c1-16(6-2-5-9-25(34)33-22-8-4-3-7-21(22)31)27(19-12-17(29)13-20(30)26(19)35)39-28(36)32-18-10-11-23-24(14-18)38-15-37-23/h3-5,7-14,16,27,35H,2,6,15,31H2,1H3,(H,32,36)(H,33,34)/b9-5+/t16-,27+/m1/s1. The van der Waals surface area contributed by atoms with Crippen molar-refractivity contribution in [2.75, 3.05) is 23.2 Å². The van der Waals surface area contributed by atoms with Crippen molar-refractivity contribution in [3.8, 4) is 17.2 Å². The first kappa shape index (κ1) is 28.3. The molecule has 0 aliphatic carbocycles. The average molecular weight is 661 g/mol. The fraction of sp³-hybridized carbons (Fsp3) is 0.214. The summed E-state index contributed by atoms with van der Waals surface area (Å²) in [5.41, 5.74) is 7.80. The molecule has 2 atom stereocenters. The monoisotopic (exact) mass is 659 g/mol. The van der Waals surface area contributed by atoms with Crippen molar-refractivity contribution < 1.29 is 28.9 Å². The zero-order valence-electron chi connectivity index (χ0n) is 20.9. The van der Waals surface area contributed by atoms with Gasteiger partial charge < -0.3 is 30.4 Å². The van der Waals surface area contributed by atoms with Crippen LogP contribution in [0.25, 0.3) is 0 Å². The van der Waals surface area contributed by atoms with E-state index < -0.39 is 12.2 Å². The maximum Gasteiger partial charge on any atom is 0.412 e. The van der Waals surface area contributed by atoms with E-state index in [1.165, 1.54) is 6.08 Å². The second kappa shape index (κ2) is 12.9. The first-order valence-electron chi connectivity index (χ1n) is 12.1. The third-order valence-corrected chi connectivity index (χ3v) is 7.07. The maximum atomic E-state index is 12.9. The average Bonchev–Trinajstić information content (AvgIpc) is 3.36. The van der Waals surface area contributed by atoms with Crippen molar-refractivity contribution in [1.29, 1.82) is 0 Å². The molecule has 0 bridgehead atoms. The molecule has 0 unspecified atom stereocenters. The van der Waals surface area contributed by atoms with Crippen molar-refractivity contribution in [3.05, 3.63) is 81.3 Å². The number of halogens is 2. The molecule has 0 saturated carbocycles. The van der Waals surface area contributed by atoms with Crippen molar-refractivity contribution in [3.63, 3.8) is 0 Å². The summed E-state index contributed by atoms with van der Waals surface area (Å²) in [7, 11) is 0. The van der Waals surface area contributed by atoms with E-state index in [0.29, 0.717) is 55.9 Å². The molecule has 1 aliphatic rings. The van der Waals surface area contributed by atoms with E-state index in [2.05, 4.69) is 42.5 Å². The molecule has 3 aromatic rings. The van der Waals surface area contributed by atoms with Crippen LogP contribution in [0.4, 0.5) is 21.9 Å². The Morgan fingerprint density at radius 1 is 1.10 bits per heavy atom. The largest absolute Gasteiger partial charge is 0.506 e. The minimum atomic E-state index is -0.792. The molecule has 204 valence electrons. The van der Waals surface area contributed by atoms with Crippen LogP contribution < -0.4 is 25.8 Å². The van der Waals surface area contributed by atoms with Gasteiger partial charge in [0.2, 0.25) is 12.7 Å². The van der Waals surface area contributed by atoms with Gasteiger partial charge in [-0.1, -0.05) is 41.1 Å². The molecule has 9 nitrogen and oxygen atoms in total. The Hall–Kier alpha value is -3.70. The summed E-state index contributed by atoms with van der Waals surface area (Å²) in [5, 5.41) is 16.2. The van der Waals surface area contributed by atoms with Gasteiger partial charge in [-0.05, 0) is 77.2 Å². The number of hydrogen-bond donors (Lipinski definition) is 4. The van der Waals surface area contributed by atoms with Gasteiger partial charge >= 0.3 is 6.09 Å². The third-order valence-electron chi connectivity index (χ3n) is 6.01. The van der Waals surface area contributed by atoms with Crippen LogP contribution in [0, 0.1) is 5.92 Å². The van der Waals surface area contributed by atoms with Crippen LogP contribution in [-0.2, 0) is 9.53 Å². The van der Waals surface area contributed by atoms with Gasteiger partial charge in [0, 0.05) is 21.8 Å². The number of hydrogen-bond acceptors (Lipinski definition) is 7. The SMILES string of the molecule is C[C@H](CC/C=C/C(=O)Nc1ccccc1N)[C@H](OC(=O)Nc1ccc2c(c1)OCO2)c1cc(Br)cc(Br)c1O. The maximum absolute atomic E-state index is 12.9. The number of phenols is 1. The number of nitrogen functional groups attached to an aromatic ring is 1. The minimum Gasteiger partial charge on any atom is -0.506 e. The Balaban J connectivity index is 1.43. The summed E-state index contributed by atoms with van der Waals surface area (Å²) >= 11 is 6.79. The van der Waals surface area contributed by atoms with Crippen LogP contribution >= 0.6 is 31.9 Å². The number of amides is 2. The lowest BCUT2D eigenvalue weighted by atomic mass is 9.92. The van der Waals surface area contributed by atoms with Gasteiger partial charge in [0.05, 0.1) is 15.8 Å². The van der Waals surface area contributed by atoms with E-state index in [4.69, 9.17) is 19.9 Å². The molecule has 1 heterocycles. The molecule has 0 radical (unpaired) electrons. The molecule has 4 rings (SSSR count). The Bertz CT molecular complexity index is 1400. The normalized spacial score (nSPS) is 13.6. The van der Waals surface area contributed by atoms with Gasteiger partial charge in [0.25, 0.3) is 0 Å². The van der Waals surface area contributed by atoms with Crippen LogP contribution in [0.1, 0.15) is 31.4 Å². The zero-order valence-corrected chi connectivity index (χ0v) is 24.1. The summed E-state index contributed by atoms with van der Waals surface area (Å²) in [6.07, 6.45) is 2.77. The third kappa shape index (κ3) is 7.45. The highest BCUT2D eigenvalue weighted by atomic mass is 79.9. The second-order valence-electron chi connectivity index (χ2n) is 8.88. The number of aromatic hydroxyl groups is 1. The molecule has 2 amide bonds. The van der Waals surface area contributed by atoms with E-state index in [0.717, 1.165) is 0 Å². The number of carbonyl (C=O) groups is 2. The molecule has 39 heavy (non-hydrogen) atoms. The number of carbonyl (C=O) groups excluding carboxylic acids is 2. The van der Waals surface area contributed by atoms with Gasteiger partial charge in [-0.25, -0.2) is 4.79 Å². The highest BCUT2D eigenvalue weighted by Crippen LogP contribution is 2.41. The number of nitrogens with two attached hydrogens (primary N) is 1. The molecular weight excluding hydrogens is 634 g/mol. The van der Waals surface area contributed by atoms with E-state index in [1.54, 1.807) is 60.7 Å². The molecule has 0 aromatic heterocycles. The second-order valence-corrected chi connectivity index (χ2v) is 10.6. The molecule has 3 aromatic carbocycles. The minimum absolute atomic E-state index is 0.0266. The number of nitrogens with one attached hydrogen (secondary N) is 2. The smallest absolute Gasteiger partial charge is 0.412 e. The summed E-state index contributed by atoms with van der Waals surface area (Å²) in [6, 6.07) is 15.4. The zero-order chi connectivity index (χ0) is 27.9. The first-order chi connectivity index (χ1) is 18.7. The lowest BCUT2D eigenvalue weighted by molar-refractivity contribution is -0.111. The van der Waals surface area contributed by atoms with E-state index >= 15 is 0 Å². The molecule has 0 spiro atoms. The highest BCUT2D eigenvalue weighted by Gasteiger charge is 2.28. The number of allylic oxidation sites excluding steroid dienone is 1. The van der Waals surface area contributed by atoms with Gasteiger partial charge in [0.1, 0.15) is 11.9 Å². The summed E-state index contributed by atoms with van der Waals surface area (Å²) in [4.78, 5) is 25.2. The molecule has 5 N–H and O–H groups in total. The molecule has 0 saturated heterocycles. The van der Waals surface area contributed by atoms with Gasteiger partial charge in [-0.3, -0.25) is 10.1 Å². The van der Waals surface area contributed by atoms with Crippen LogP contribution in [0.2, 0.25) is 0 Å². The van der Waals surface area contributed by atoms with Crippen molar-refractivity contribution in [2.24, 2.45) is 5.92 Å². The Morgan fingerprint density at radius 3 is 2.67 bits per heavy atom. The first-order valence-corrected chi connectivity index (χ1v) is 13.7. The highest BCUT2D eigenvalue weighted by molar-refractivity contribution is 9.11. The predicted molar refractivity (Wildman–Crippen MR) is 156 cm³/mol. The van der Waals surface area contributed by atoms with Crippen LogP contribution in [-0.4, -0.2) is 23.9 Å². The predicted octanol–water partition coefficient (Wildman–Crippen LogP) is 7.13. The van der Waals surface area contributed by atoms with Crippen LogP contribution in [0.15, 0.2) is 75.7 Å². The molecule has 11 heteroatoms. The van der Waals surface area contributed by atoms with Gasteiger partial charge in [-0.2, -0.15) is 0 Å². The van der Waals surface area contributed by atoms with Crippen LogP contribution in [0.5, 0.6) is 17.2 Å². The fourth-order valence-corrected chi connectivity index (χ4v) is 5.27. The topological polar surface area (TPSA) is 132 Å². The summed E-state index contributed by atoms with van der Waals surface area (Å²) in [5.74, 6) is 0.568. The fourth-order valence-electron chi connectivity index (χ4n) is 4.01.